The van der Waals surface area contributed by atoms with E-state index in [9.17, 15) is 8.78 Å². The lowest BCUT2D eigenvalue weighted by Gasteiger charge is -2.39. The SMILES string of the molecule is CCc1cc2c(c(F)c1F)C(F)(F)[C@@H](C1CCC(C3CCC(I)CC3)CC1)C2. The van der Waals surface area contributed by atoms with E-state index in [1.54, 1.807) is 6.92 Å². The minimum atomic E-state index is -3.26. The maximum atomic E-state index is 15.1. The molecule has 1 atom stereocenters. The molecular formula is C23H29F4I. The Morgan fingerprint density at radius 3 is 2.00 bits per heavy atom. The second kappa shape index (κ2) is 8.07. The van der Waals surface area contributed by atoms with Gasteiger partial charge in [-0.05, 0) is 93.1 Å². The summed E-state index contributed by atoms with van der Waals surface area (Å²) < 4.78 is 59.7. The molecule has 2 saturated carbocycles. The van der Waals surface area contributed by atoms with E-state index in [1.165, 1.54) is 31.7 Å². The zero-order chi connectivity index (χ0) is 20.1. The average molecular weight is 508 g/mol. The van der Waals surface area contributed by atoms with Crippen LogP contribution < -0.4 is 0 Å². The fraction of sp³-hybridized carbons (Fsp3) is 0.739. The van der Waals surface area contributed by atoms with Gasteiger partial charge in [-0.2, -0.15) is 0 Å². The molecule has 28 heavy (non-hydrogen) atoms. The van der Waals surface area contributed by atoms with Crippen molar-refractivity contribution >= 4 is 22.6 Å². The first-order valence-corrected chi connectivity index (χ1v) is 12.1. The summed E-state index contributed by atoms with van der Waals surface area (Å²) in [5.74, 6) is -5.21. The minimum Gasteiger partial charge on any atom is -0.203 e. The van der Waals surface area contributed by atoms with Gasteiger partial charge in [-0.3, -0.25) is 0 Å². The lowest BCUT2D eigenvalue weighted by atomic mass is 9.68. The van der Waals surface area contributed by atoms with Gasteiger partial charge in [0.2, 0.25) is 0 Å². The highest BCUT2D eigenvalue weighted by Crippen LogP contribution is 2.54. The molecule has 0 saturated heterocycles. The lowest BCUT2D eigenvalue weighted by Crippen LogP contribution is -2.33. The summed E-state index contributed by atoms with van der Waals surface area (Å²) in [4.78, 5) is 0. The highest BCUT2D eigenvalue weighted by molar-refractivity contribution is 14.1. The summed E-state index contributed by atoms with van der Waals surface area (Å²) in [6, 6.07) is 1.48. The van der Waals surface area contributed by atoms with E-state index in [-0.39, 0.29) is 17.9 Å². The Hall–Kier alpha value is -0.330. The third-order valence-corrected chi connectivity index (χ3v) is 8.98. The predicted molar refractivity (Wildman–Crippen MR) is 112 cm³/mol. The Morgan fingerprint density at radius 1 is 0.893 bits per heavy atom. The fourth-order valence-corrected chi connectivity index (χ4v) is 6.82. The first-order chi connectivity index (χ1) is 13.3. The number of aryl methyl sites for hydroxylation is 1. The molecule has 0 spiro atoms. The van der Waals surface area contributed by atoms with Crippen LogP contribution >= 0.6 is 22.6 Å². The number of rotatable bonds is 3. The monoisotopic (exact) mass is 508 g/mol. The average Bonchev–Trinajstić information content (AvgIpc) is 2.96. The van der Waals surface area contributed by atoms with E-state index in [2.05, 4.69) is 22.6 Å². The van der Waals surface area contributed by atoms with Gasteiger partial charge in [-0.25, -0.2) is 17.6 Å². The number of fused-ring (bicyclic) bond motifs is 1. The Labute approximate surface area is 179 Å². The normalized spacial score (nSPS) is 35.0. The van der Waals surface area contributed by atoms with Crippen molar-refractivity contribution in [2.45, 2.75) is 81.0 Å². The summed E-state index contributed by atoms with van der Waals surface area (Å²) in [6.07, 6.45) is 9.25. The molecule has 0 amide bonds. The number of benzene rings is 1. The van der Waals surface area contributed by atoms with Crippen molar-refractivity contribution in [3.8, 4) is 0 Å². The second-order valence-corrected chi connectivity index (χ2v) is 10.9. The van der Waals surface area contributed by atoms with Gasteiger partial charge in [0.05, 0.1) is 5.56 Å². The van der Waals surface area contributed by atoms with Gasteiger partial charge in [0, 0.05) is 9.84 Å². The summed E-state index contributed by atoms with van der Waals surface area (Å²) in [5.41, 5.74) is -0.120. The molecule has 4 rings (SSSR count). The van der Waals surface area contributed by atoms with Gasteiger partial charge in [0.15, 0.2) is 11.6 Å². The van der Waals surface area contributed by atoms with E-state index in [0.29, 0.717) is 17.9 Å². The van der Waals surface area contributed by atoms with Crippen LogP contribution in [-0.2, 0) is 18.8 Å². The Bertz CT molecular complexity index is 716. The molecule has 0 nitrogen and oxygen atoms in total. The molecule has 0 bridgehead atoms. The lowest BCUT2D eigenvalue weighted by molar-refractivity contribution is -0.0855. The van der Waals surface area contributed by atoms with Gasteiger partial charge in [0.25, 0.3) is 5.92 Å². The quantitative estimate of drug-likeness (QED) is 0.224. The highest BCUT2D eigenvalue weighted by atomic mass is 127. The van der Waals surface area contributed by atoms with Gasteiger partial charge >= 0.3 is 0 Å². The third-order valence-electron chi connectivity index (χ3n) is 7.74. The molecule has 5 heteroatoms. The fourth-order valence-electron chi connectivity index (χ4n) is 6.10. The summed E-state index contributed by atoms with van der Waals surface area (Å²) >= 11 is 2.54. The molecule has 0 heterocycles. The molecule has 3 aliphatic rings. The number of hydrogen-bond donors (Lipinski definition) is 0. The molecular weight excluding hydrogens is 479 g/mol. The van der Waals surface area contributed by atoms with E-state index < -0.39 is 29.0 Å². The van der Waals surface area contributed by atoms with Crippen molar-refractivity contribution in [3.63, 3.8) is 0 Å². The van der Waals surface area contributed by atoms with Crippen molar-refractivity contribution in [3.05, 3.63) is 34.4 Å². The van der Waals surface area contributed by atoms with Crippen LogP contribution in [0.4, 0.5) is 17.6 Å². The second-order valence-electron chi connectivity index (χ2n) is 9.17. The van der Waals surface area contributed by atoms with E-state index in [0.717, 1.165) is 35.5 Å². The first-order valence-electron chi connectivity index (χ1n) is 10.8. The van der Waals surface area contributed by atoms with Crippen molar-refractivity contribution in [1.82, 2.24) is 0 Å². The topological polar surface area (TPSA) is 0 Å². The smallest absolute Gasteiger partial charge is 0.203 e. The molecule has 0 N–H and O–H groups in total. The molecule has 0 radical (unpaired) electrons. The van der Waals surface area contributed by atoms with Gasteiger partial charge < -0.3 is 0 Å². The highest BCUT2D eigenvalue weighted by Gasteiger charge is 2.54. The van der Waals surface area contributed by atoms with Crippen molar-refractivity contribution in [2.24, 2.45) is 23.7 Å². The zero-order valence-electron chi connectivity index (χ0n) is 16.4. The first kappa shape index (κ1) is 20.9. The van der Waals surface area contributed by atoms with Crippen molar-refractivity contribution < 1.29 is 17.6 Å². The molecule has 0 unspecified atom stereocenters. The van der Waals surface area contributed by atoms with Crippen molar-refractivity contribution in [1.29, 1.82) is 0 Å². The van der Waals surface area contributed by atoms with Crippen LogP contribution in [0.1, 0.15) is 75.0 Å². The van der Waals surface area contributed by atoms with E-state index in [4.69, 9.17) is 0 Å². The van der Waals surface area contributed by atoms with E-state index in [1.807, 2.05) is 0 Å². The minimum absolute atomic E-state index is 0.0906. The molecule has 2 fully saturated rings. The molecule has 1 aromatic carbocycles. The standard InChI is InChI=1S/C23H29F4I/c1-2-13-11-17-12-19(23(26,27)20(17)22(25)21(13)24)16-5-3-14(4-6-16)15-7-9-18(28)10-8-15/h11,14-16,18-19H,2-10,12H2,1H3/t14?,15?,16?,18?,19-/m1/s1. The molecule has 3 aliphatic carbocycles. The molecule has 1 aromatic rings. The van der Waals surface area contributed by atoms with Gasteiger partial charge in [-0.1, -0.05) is 35.6 Å². The largest absolute Gasteiger partial charge is 0.279 e. The van der Waals surface area contributed by atoms with Crippen LogP contribution in [0.25, 0.3) is 0 Å². The third kappa shape index (κ3) is 3.62. The number of hydrogen-bond acceptors (Lipinski definition) is 0. The number of alkyl halides is 3. The molecule has 156 valence electrons. The van der Waals surface area contributed by atoms with Crippen LogP contribution in [0.3, 0.4) is 0 Å². The van der Waals surface area contributed by atoms with Crippen LogP contribution in [0.5, 0.6) is 0 Å². The van der Waals surface area contributed by atoms with Crippen LogP contribution in [0.2, 0.25) is 0 Å². The molecule has 0 aromatic heterocycles. The predicted octanol–water partition coefficient (Wildman–Crippen LogP) is 7.59. The maximum absolute atomic E-state index is 15.1. The summed E-state index contributed by atoms with van der Waals surface area (Å²) in [7, 11) is 0. The Morgan fingerprint density at radius 2 is 1.43 bits per heavy atom. The summed E-state index contributed by atoms with van der Waals surface area (Å²) in [6.45, 7) is 1.72. The Balaban J connectivity index is 1.47. The Kier molecular flexibility index (Phi) is 6.03. The van der Waals surface area contributed by atoms with E-state index >= 15 is 8.78 Å². The van der Waals surface area contributed by atoms with Gasteiger partial charge in [0.1, 0.15) is 0 Å². The number of halogens is 5. The van der Waals surface area contributed by atoms with Crippen LogP contribution in [0, 0.1) is 35.3 Å². The van der Waals surface area contributed by atoms with Crippen LogP contribution in [-0.4, -0.2) is 3.92 Å². The van der Waals surface area contributed by atoms with Crippen molar-refractivity contribution in [2.75, 3.05) is 0 Å². The maximum Gasteiger partial charge on any atom is 0.279 e. The zero-order valence-corrected chi connectivity index (χ0v) is 18.6. The summed E-state index contributed by atoms with van der Waals surface area (Å²) in [5, 5.41) is 0. The molecule has 0 aliphatic heterocycles. The van der Waals surface area contributed by atoms with Crippen LogP contribution in [0.15, 0.2) is 6.07 Å². The van der Waals surface area contributed by atoms with Gasteiger partial charge in [-0.15, -0.1) is 0 Å².